The molecule has 1 amide bonds. The number of halogens is 1. The molecule has 1 N–H and O–H groups in total. The van der Waals surface area contributed by atoms with Crippen molar-refractivity contribution in [1.29, 1.82) is 0 Å². The highest BCUT2D eigenvalue weighted by Gasteiger charge is 2.18. The number of benzene rings is 1. The number of amides is 1. The Labute approximate surface area is 149 Å². The second-order valence-corrected chi connectivity index (χ2v) is 5.85. The zero-order valence-electron chi connectivity index (χ0n) is 14.4. The van der Waals surface area contributed by atoms with Crippen LogP contribution < -0.4 is 10.9 Å². The molecule has 0 aliphatic carbocycles. The van der Waals surface area contributed by atoms with E-state index >= 15 is 0 Å². The average Bonchev–Trinajstić information content (AvgIpc) is 3.03. The lowest BCUT2D eigenvalue weighted by Gasteiger charge is -2.10. The van der Waals surface area contributed by atoms with E-state index in [1.165, 1.54) is 28.8 Å². The van der Waals surface area contributed by atoms with Crippen molar-refractivity contribution in [2.24, 2.45) is 0 Å². The van der Waals surface area contributed by atoms with Crippen molar-refractivity contribution in [2.45, 2.75) is 26.8 Å². The normalized spacial score (nSPS) is 10.7. The topological polar surface area (TPSA) is 81.8 Å². The molecule has 0 atom stereocenters. The zero-order valence-corrected chi connectivity index (χ0v) is 14.4. The van der Waals surface area contributed by atoms with E-state index < -0.39 is 17.3 Å². The van der Waals surface area contributed by atoms with Crippen LogP contribution in [0.25, 0.3) is 5.69 Å². The number of rotatable bonds is 5. The van der Waals surface area contributed by atoms with Crippen molar-refractivity contribution in [3.8, 4) is 5.69 Å². The molecule has 8 heteroatoms. The molecule has 0 aliphatic rings. The number of nitrogens with zero attached hydrogens (tertiary/aromatic N) is 4. The van der Waals surface area contributed by atoms with Crippen LogP contribution in [0.2, 0.25) is 0 Å². The molecule has 2 heterocycles. The fourth-order valence-electron chi connectivity index (χ4n) is 2.58. The third-order valence-corrected chi connectivity index (χ3v) is 3.87. The van der Waals surface area contributed by atoms with Gasteiger partial charge in [0.2, 0.25) is 0 Å². The van der Waals surface area contributed by atoms with Gasteiger partial charge in [-0.15, -0.1) is 5.10 Å². The monoisotopic (exact) mass is 355 g/mol. The number of aromatic nitrogens is 4. The molecule has 0 saturated carbocycles. The van der Waals surface area contributed by atoms with Crippen LogP contribution in [0.1, 0.15) is 29.3 Å². The van der Waals surface area contributed by atoms with Crippen molar-refractivity contribution in [1.82, 2.24) is 19.6 Å². The molecule has 3 rings (SSSR count). The summed E-state index contributed by atoms with van der Waals surface area (Å²) in [5.41, 5.74) is 0.517. The number of nitrogens with one attached hydrogen (secondary N) is 1. The SMILES string of the molecule is CCCn1cc(NC(=O)c2c(C)ccn(-c3ccc(F)cc3)c2=O)nn1. The average molecular weight is 355 g/mol. The summed E-state index contributed by atoms with van der Waals surface area (Å²) in [4.78, 5) is 25.4. The molecular formula is C18H18FN5O2. The van der Waals surface area contributed by atoms with Crippen molar-refractivity contribution in [3.05, 3.63) is 70.0 Å². The largest absolute Gasteiger partial charge is 0.304 e. The quantitative estimate of drug-likeness (QED) is 0.762. The Morgan fingerprint density at radius 3 is 2.65 bits per heavy atom. The molecule has 2 aromatic heterocycles. The second kappa shape index (κ2) is 7.30. The number of hydrogen-bond acceptors (Lipinski definition) is 4. The van der Waals surface area contributed by atoms with Crippen LogP contribution in [0.4, 0.5) is 10.2 Å². The van der Waals surface area contributed by atoms with Gasteiger partial charge in [0.1, 0.15) is 11.4 Å². The molecule has 26 heavy (non-hydrogen) atoms. The molecule has 7 nitrogen and oxygen atoms in total. The number of pyridine rings is 1. The first-order valence-electron chi connectivity index (χ1n) is 8.19. The highest BCUT2D eigenvalue weighted by molar-refractivity contribution is 6.04. The summed E-state index contributed by atoms with van der Waals surface area (Å²) in [6.45, 7) is 4.37. The minimum absolute atomic E-state index is 0.00173. The summed E-state index contributed by atoms with van der Waals surface area (Å²) < 4.78 is 16.0. The highest BCUT2D eigenvalue weighted by Crippen LogP contribution is 2.11. The molecule has 0 radical (unpaired) electrons. The minimum atomic E-state index is -0.562. The molecule has 3 aromatic rings. The molecule has 134 valence electrons. The fraction of sp³-hybridized carbons (Fsp3) is 0.222. The molecule has 0 unspecified atom stereocenters. The Morgan fingerprint density at radius 2 is 1.96 bits per heavy atom. The molecular weight excluding hydrogens is 337 g/mol. The van der Waals surface area contributed by atoms with E-state index in [0.717, 1.165) is 6.42 Å². The molecule has 0 fully saturated rings. The minimum Gasteiger partial charge on any atom is -0.304 e. The van der Waals surface area contributed by atoms with Crippen LogP contribution in [-0.4, -0.2) is 25.5 Å². The van der Waals surface area contributed by atoms with Gasteiger partial charge in [0.15, 0.2) is 5.82 Å². The maximum Gasteiger partial charge on any atom is 0.268 e. The van der Waals surface area contributed by atoms with Crippen LogP contribution in [0.5, 0.6) is 0 Å². The summed E-state index contributed by atoms with van der Waals surface area (Å²) >= 11 is 0. The first kappa shape index (κ1) is 17.5. The van der Waals surface area contributed by atoms with E-state index in [0.29, 0.717) is 17.8 Å². The van der Waals surface area contributed by atoms with E-state index in [9.17, 15) is 14.0 Å². The van der Waals surface area contributed by atoms with Gasteiger partial charge < -0.3 is 5.32 Å². The summed E-state index contributed by atoms with van der Waals surface area (Å²) in [6, 6.07) is 7.13. The Balaban J connectivity index is 1.93. The lowest BCUT2D eigenvalue weighted by atomic mass is 10.1. The Kier molecular flexibility index (Phi) is 4.92. The number of carbonyl (C=O) groups is 1. The van der Waals surface area contributed by atoms with Gasteiger partial charge in [-0.1, -0.05) is 12.1 Å². The van der Waals surface area contributed by atoms with Gasteiger partial charge >= 0.3 is 0 Å². The predicted molar refractivity (Wildman–Crippen MR) is 95.0 cm³/mol. The van der Waals surface area contributed by atoms with Gasteiger partial charge in [-0.05, 0) is 49.2 Å². The van der Waals surface area contributed by atoms with Gasteiger partial charge in [-0.3, -0.25) is 18.8 Å². The highest BCUT2D eigenvalue weighted by atomic mass is 19.1. The van der Waals surface area contributed by atoms with Crippen LogP contribution in [-0.2, 0) is 6.54 Å². The van der Waals surface area contributed by atoms with E-state index in [4.69, 9.17) is 0 Å². The van der Waals surface area contributed by atoms with E-state index in [-0.39, 0.29) is 11.4 Å². The molecule has 0 bridgehead atoms. The van der Waals surface area contributed by atoms with Crippen LogP contribution >= 0.6 is 0 Å². The van der Waals surface area contributed by atoms with Crippen LogP contribution in [0, 0.1) is 12.7 Å². The second-order valence-electron chi connectivity index (χ2n) is 5.85. The van der Waals surface area contributed by atoms with Gasteiger partial charge in [-0.2, -0.15) is 0 Å². The lowest BCUT2D eigenvalue weighted by Crippen LogP contribution is -2.29. The lowest BCUT2D eigenvalue weighted by molar-refractivity contribution is 0.102. The van der Waals surface area contributed by atoms with Crippen molar-refractivity contribution in [2.75, 3.05) is 5.32 Å². The van der Waals surface area contributed by atoms with Gasteiger partial charge in [0.25, 0.3) is 11.5 Å². The predicted octanol–water partition coefficient (Wildman–Crippen LogP) is 2.54. The molecule has 0 saturated heterocycles. The standard InChI is InChI=1S/C18H18FN5O2/c1-3-9-23-11-15(21-22-23)20-17(25)16-12(2)8-10-24(18(16)26)14-6-4-13(19)5-7-14/h4-8,10-11H,3,9H2,1-2H3,(H,20,25). The maximum atomic E-state index is 13.1. The van der Waals surface area contributed by atoms with Gasteiger partial charge in [0.05, 0.1) is 6.20 Å². The summed E-state index contributed by atoms with van der Waals surface area (Å²) in [5, 5.41) is 10.4. The molecule has 0 spiro atoms. The van der Waals surface area contributed by atoms with Gasteiger partial charge in [0, 0.05) is 18.4 Å². The third-order valence-electron chi connectivity index (χ3n) is 3.87. The summed E-state index contributed by atoms with van der Waals surface area (Å²) in [5.74, 6) is -0.686. The fourth-order valence-corrected chi connectivity index (χ4v) is 2.58. The zero-order chi connectivity index (χ0) is 18.7. The smallest absolute Gasteiger partial charge is 0.268 e. The van der Waals surface area contributed by atoms with Gasteiger partial charge in [-0.25, -0.2) is 4.39 Å². The Bertz CT molecular complexity index is 992. The van der Waals surface area contributed by atoms with E-state index in [1.54, 1.807) is 30.1 Å². The number of aryl methyl sites for hydroxylation is 2. The van der Waals surface area contributed by atoms with Crippen LogP contribution in [0.15, 0.2) is 47.5 Å². The third kappa shape index (κ3) is 3.53. The number of anilines is 1. The van der Waals surface area contributed by atoms with Crippen LogP contribution in [0.3, 0.4) is 0 Å². The summed E-state index contributed by atoms with van der Waals surface area (Å²) in [6.07, 6.45) is 4.05. The number of hydrogen-bond donors (Lipinski definition) is 1. The van der Waals surface area contributed by atoms with E-state index in [2.05, 4.69) is 15.6 Å². The van der Waals surface area contributed by atoms with E-state index in [1.807, 2.05) is 6.92 Å². The summed E-state index contributed by atoms with van der Waals surface area (Å²) in [7, 11) is 0. The first-order valence-corrected chi connectivity index (χ1v) is 8.19. The Hall–Kier alpha value is -3.29. The van der Waals surface area contributed by atoms with Crippen molar-refractivity contribution >= 4 is 11.7 Å². The van der Waals surface area contributed by atoms with Crippen molar-refractivity contribution < 1.29 is 9.18 Å². The number of carbonyl (C=O) groups excluding carboxylic acids is 1. The first-order chi connectivity index (χ1) is 12.5. The van der Waals surface area contributed by atoms with Crippen molar-refractivity contribution in [3.63, 3.8) is 0 Å². The molecule has 0 aliphatic heterocycles. The molecule has 1 aromatic carbocycles. The Morgan fingerprint density at radius 1 is 1.23 bits per heavy atom. The maximum absolute atomic E-state index is 13.1.